The summed E-state index contributed by atoms with van der Waals surface area (Å²) in [6.07, 6.45) is 8.34. The molecule has 1 aliphatic carbocycles. The van der Waals surface area contributed by atoms with E-state index in [0.717, 1.165) is 25.2 Å². The quantitative estimate of drug-likeness (QED) is 0.275. The average molecular weight is 683 g/mol. The van der Waals surface area contributed by atoms with Crippen molar-refractivity contribution >= 4 is 32.5 Å². The molecule has 2 aliphatic rings. The van der Waals surface area contributed by atoms with Gasteiger partial charge in [-0.1, -0.05) is 43.5 Å². The first kappa shape index (κ1) is 37.5. The second-order valence-electron chi connectivity index (χ2n) is 12.2. The van der Waals surface area contributed by atoms with Gasteiger partial charge in [0, 0.05) is 32.7 Å². The van der Waals surface area contributed by atoms with Crippen molar-refractivity contribution in [2.75, 3.05) is 59.0 Å². The zero-order chi connectivity index (χ0) is 31.6. The molecule has 1 aliphatic heterocycles. The number of sulfonamides is 2. The fourth-order valence-electron chi connectivity index (χ4n) is 6.08. The van der Waals surface area contributed by atoms with Crippen molar-refractivity contribution < 1.29 is 21.6 Å². The van der Waals surface area contributed by atoms with Crippen molar-refractivity contribution in [1.29, 1.82) is 0 Å². The van der Waals surface area contributed by atoms with E-state index in [1.165, 1.54) is 40.7 Å². The Morgan fingerprint density at radius 3 is 1.80 bits per heavy atom. The molecule has 45 heavy (non-hydrogen) atoms. The summed E-state index contributed by atoms with van der Waals surface area (Å²) in [5.74, 6) is 1.22. The Labute approximate surface area is 277 Å². The Kier molecular flexibility index (Phi) is 14.8. The van der Waals surface area contributed by atoms with Gasteiger partial charge in [0.25, 0.3) is 0 Å². The maximum Gasteiger partial charge on any atom is 0.243 e. The van der Waals surface area contributed by atoms with Crippen LogP contribution in [0.25, 0.3) is 0 Å². The van der Waals surface area contributed by atoms with E-state index in [4.69, 9.17) is 10.5 Å². The molecule has 4 rings (SSSR count). The summed E-state index contributed by atoms with van der Waals surface area (Å²) in [5, 5.41) is 0. The Hall–Kier alpha value is -1.99. The molecule has 1 saturated carbocycles. The van der Waals surface area contributed by atoms with Crippen LogP contribution >= 0.6 is 12.4 Å². The summed E-state index contributed by atoms with van der Waals surface area (Å²) in [6, 6.07) is 13.3. The van der Waals surface area contributed by atoms with Crippen LogP contribution in [-0.4, -0.2) is 89.3 Å². The average Bonchev–Trinajstić information content (AvgIpc) is 3.00. The molecule has 9 nitrogen and oxygen atoms in total. The molecule has 2 fully saturated rings. The fraction of sp³-hybridized carbons (Fsp3) is 0.576. The first-order valence-corrected chi connectivity index (χ1v) is 18.9. The second kappa shape index (κ2) is 17.8. The minimum atomic E-state index is -3.87. The van der Waals surface area contributed by atoms with Gasteiger partial charge in [-0.25, -0.2) is 16.8 Å². The van der Waals surface area contributed by atoms with Crippen molar-refractivity contribution in [3.8, 4) is 5.75 Å². The van der Waals surface area contributed by atoms with Gasteiger partial charge in [-0.05, 0) is 107 Å². The lowest BCUT2D eigenvalue weighted by Crippen LogP contribution is -2.42. The number of ether oxygens (including phenoxy) is 1. The normalized spacial score (nSPS) is 19.3. The maximum absolute atomic E-state index is 13.9. The molecule has 1 heterocycles. The SMILES string of the molecule is C=C1CN(S(=O)(=O)c2ccc(C)cc2)CCCN(CC2CCCCC2)CCCN(S(=O)(=O)c2ccc(OCCCN)cc2)C1.Cl. The third-order valence-corrected chi connectivity index (χ3v) is 12.3. The van der Waals surface area contributed by atoms with Gasteiger partial charge >= 0.3 is 0 Å². The minimum Gasteiger partial charge on any atom is -0.494 e. The van der Waals surface area contributed by atoms with Crippen LogP contribution in [0.15, 0.2) is 70.5 Å². The first-order chi connectivity index (χ1) is 21.1. The topological polar surface area (TPSA) is 113 Å². The van der Waals surface area contributed by atoms with Crippen LogP contribution in [0, 0.1) is 12.8 Å². The predicted molar refractivity (Wildman–Crippen MR) is 183 cm³/mol. The Morgan fingerprint density at radius 2 is 1.29 bits per heavy atom. The zero-order valence-corrected chi connectivity index (χ0v) is 29.1. The zero-order valence-electron chi connectivity index (χ0n) is 26.6. The number of hydrogen-bond donors (Lipinski definition) is 1. The van der Waals surface area contributed by atoms with E-state index in [1.807, 2.05) is 6.92 Å². The van der Waals surface area contributed by atoms with E-state index in [9.17, 15) is 16.8 Å². The van der Waals surface area contributed by atoms with E-state index in [1.54, 1.807) is 48.5 Å². The van der Waals surface area contributed by atoms with Crippen LogP contribution in [-0.2, 0) is 20.0 Å². The van der Waals surface area contributed by atoms with Crippen molar-refractivity contribution in [2.45, 2.75) is 68.1 Å². The van der Waals surface area contributed by atoms with E-state index in [0.29, 0.717) is 62.7 Å². The molecule has 2 aromatic carbocycles. The third-order valence-electron chi connectivity index (χ3n) is 8.54. The molecule has 0 unspecified atom stereocenters. The molecular weight excluding hydrogens is 632 g/mol. The van der Waals surface area contributed by atoms with Crippen LogP contribution in [0.3, 0.4) is 0 Å². The van der Waals surface area contributed by atoms with Gasteiger partial charge in [0.05, 0.1) is 16.4 Å². The highest BCUT2D eigenvalue weighted by molar-refractivity contribution is 7.89. The second-order valence-corrected chi connectivity index (χ2v) is 16.1. The molecule has 252 valence electrons. The van der Waals surface area contributed by atoms with Crippen molar-refractivity contribution in [2.24, 2.45) is 11.7 Å². The van der Waals surface area contributed by atoms with Gasteiger partial charge < -0.3 is 15.4 Å². The molecule has 1 saturated heterocycles. The number of halogens is 1. The number of aryl methyl sites for hydroxylation is 1. The van der Waals surface area contributed by atoms with Crippen molar-refractivity contribution in [3.63, 3.8) is 0 Å². The molecule has 0 amide bonds. The highest BCUT2D eigenvalue weighted by atomic mass is 35.5. The van der Waals surface area contributed by atoms with Gasteiger partial charge in [0.1, 0.15) is 5.75 Å². The first-order valence-electron chi connectivity index (χ1n) is 16.0. The van der Waals surface area contributed by atoms with E-state index in [-0.39, 0.29) is 35.3 Å². The lowest BCUT2D eigenvalue weighted by Gasteiger charge is -2.33. The lowest BCUT2D eigenvalue weighted by molar-refractivity contribution is 0.188. The molecule has 0 spiro atoms. The number of rotatable bonds is 10. The lowest BCUT2D eigenvalue weighted by atomic mass is 9.89. The van der Waals surface area contributed by atoms with Gasteiger partial charge in [-0.3, -0.25) is 0 Å². The van der Waals surface area contributed by atoms with E-state index < -0.39 is 20.0 Å². The smallest absolute Gasteiger partial charge is 0.243 e. The van der Waals surface area contributed by atoms with Crippen LogP contribution in [0.5, 0.6) is 5.75 Å². The largest absolute Gasteiger partial charge is 0.494 e. The Balaban J connectivity index is 0.00000552. The van der Waals surface area contributed by atoms with E-state index >= 15 is 0 Å². The highest BCUT2D eigenvalue weighted by Crippen LogP contribution is 2.26. The van der Waals surface area contributed by atoms with Gasteiger partial charge in [-0.2, -0.15) is 8.61 Å². The van der Waals surface area contributed by atoms with Crippen LogP contribution in [0.4, 0.5) is 0 Å². The molecule has 0 atom stereocenters. The summed E-state index contributed by atoms with van der Waals surface area (Å²) in [6.45, 7) is 10.3. The molecule has 2 N–H and O–H groups in total. The highest BCUT2D eigenvalue weighted by Gasteiger charge is 2.30. The summed E-state index contributed by atoms with van der Waals surface area (Å²) >= 11 is 0. The van der Waals surface area contributed by atoms with E-state index in [2.05, 4.69) is 11.5 Å². The van der Waals surface area contributed by atoms with Gasteiger partial charge in [-0.15, -0.1) is 12.4 Å². The summed E-state index contributed by atoms with van der Waals surface area (Å²) in [7, 11) is -7.67. The number of hydrogen-bond acceptors (Lipinski definition) is 7. The summed E-state index contributed by atoms with van der Waals surface area (Å²) in [5.41, 5.74) is 7.06. The minimum absolute atomic E-state index is 0. The molecular formula is C33H51ClN4O5S2. The number of benzene rings is 2. The monoisotopic (exact) mass is 682 g/mol. The molecule has 0 aromatic heterocycles. The predicted octanol–water partition coefficient (Wildman–Crippen LogP) is 5.06. The summed E-state index contributed by atoms with van der Waals surface area (Å²) in [4.78, 5) is 2.83. The van der Waals surface area contributed by atoms with Gasteiger partial charge in [0.2, 0.25) is 20.0 Å². The standard InChI is InChI=1S/C33H50N4O5S2.ClH/c1-28-11-15-32(16-12-28)43(38,39)36-22-7-20-35(27-30-9-4-3-5-10-30)21-8-23-37(26-29(2)25-36)44(40,41)33-17-13-31(14-18-33)42-24-6-19-34;/h11-18,30H,2-10,19-27,34H2,1H3;1H. The van der Waals surface area contributed by atoms with Gasteiger partial charge in [0.15, 0.2) is 0 Å². The molecule has 0 bridgehead atoms. The van der Waals surface area contributed by atoms with Crippen molar-refractivity contribution in [3.05, 3.63) is 66.2 Å². The number of nitrogens with zero attached hydrogens (tertiary/aromatic N) is 3. The third kappa shape index (κ3) is 10.8. The number of nitrogens with two attached hydrogens (primary N) is 1. The molecule has 0 radical (unpaired) electrons. The van der Waals surface area contributed by atoms with Crippen molar-refractivity contribution in [1.82, 2.24) is 13.5 Å². The van der Waals surface area contributed by atoms with Crippen LogP contribution in [0.1, 0.15) is 56.9 Å². The Bertz CT molecular complexity index is 1410. The Morgan fingerprint density at radius 1 is 0.778 bits per heavy atom. The molecule has 2 aromatic rings. The summed E-state index contributed by atoms with van der Waals surface area (Å²) < 4.78 is 64.1. The maximum atomic E-state index is 13.9. The fourth-order valence-corrected chi connectivity index (χ4v) is 9.08. The van der Waals surface area contributed by atoms with Crippen LogP contribution in [0.2, 0.25) is 0 Å². The van der Waals surface area contributed by atoms with Crippen LogP contribution < -0.4 is 10.5 Å². The molecule has 12 heteroatoms.